The predicted octanol–water partition coefficient (Wildman–Crippen LogP) is 9.21. The van der Waals surface area contributed by atoms with Gasteiger partial charge < -0.3 is 4.74 Å². The van der Waals surface area contributed by atoms with Gasteiger partial charge in [-0.05, 0) is 80.3 Å². The lowest BCUT2D eigenvalue weighted by molar-refractivity contribution is 0.102. The van der Waals surface area contributed by atoms with Gasteiger partial charge >= 0.3 is 0 Å². The fourth-order valence-electron chi connectivity index (χ4n) is 5.90. The molecule has 1 nitrogen and oxygen atoms in total. The van der Waals surface area contributed by atoms with E-state index in [-0.39, 0.29) is 18.9 Å². The fourth-order valence-corrected chi connectivity index (χ4v) is 5.90. The summed E-state index contributed by atoms with van der Waals surface area (Å²) in [6.07, 6.45) is 22.8. The molecule has 3 unspecified atom stereocenters. The SMILES string of the molecule is C=CC1OC(C)C(=C\C=C/C)/C1=C/C(=C)B(C/C(C)=C\C=C1\C=CCC(C)C1)c1c(C)ccc2ccccc12. The molecule has 1 saturated heterocycles. The molecule has 2 heteroatoms. The molecule has 2 aromatic carbocycles. The van der Waals surface area contributed by atoms with Gasteiger partial charge in [-0.3, -0.25) is 0 Å². The van der Waals surface area contributed by atoms with E-state index in [4.69, 9.17) is 11.3 Å². The fraction of sp³-hybridized carbons (Fsp3) is 0.297. The van der Waals surface area contributed by atoms with Crippen LogP contribution < -0.4 is 5.46 Å². The monoisotopic (exact) mass is 514 g/mol. The number of ether oxygens (including phenoxy) is 1. The Labute approximate surface area is 236 Å². The maximum atomic E-state index is 6.25. The molecule has 0 aromatic heterocycles. The minimum atomic E-state index is -0.135. The maximum Gasteiger partial charge on any atom is 0.213 e. The van der Waals surface area contributed by atoms with Crippen molar-refractivity contribution < 1.29 is 4.74 Å². The number of hydrogen-bond acceptors (Lipinski definition) is 1. The van der Waals surface area contributed by atoms with Gasteiger partial charge in [-0.1, -0.05) is 120 Å². The predicted molar refractivity (Wildman–Crippen MR) is 173 cm³/mol. The zero-order valence-electron chi connectivity index (χ0n) is 24.4. The summed E-state index contributed by atoms with van der Waals surface area (Å²) in [6.45, 7) is 19.9. The van der Waals surface area contributed by atoms with Gasteiger partial charge in [-0.25, -0.2) is 0 Å². The lowest BCUT2D eigenvalue weighted by Crippen LogP contribution is -2.35. The lowest BCUT2D eigenvalue weighted by Gasteiger charge is -2.21. The first kappa shape index (κ1) is 28.6. The molecule has 0 saturated carbocycles. The summed E-state index contributed by atoms with van der Waals surface area (Å²) in [6, 6.07) is 13.2. The van der Waals surface area contributed by atoms with Gasteiger partial charge in [0.1, 0.15) is 6.10 Å². The highest BCUT2D eigenvalue weighted by atomic mass is 16.5. The van der Waals surface area contributed by atoms with Crippen molar-refractivity contribution in [1.82, 2.24) is 0 Å². The second-order valence-corrected chi connectivity index (χ2v) is 11.2. The molecule has 1 fully saturated rings. The third-order valence-electron chi connectivity index (χ3n) is 8.00. The summed E-state index contributed by atoms with van der Waals surface area (Å²) in [5.74, 6) is 0.714. The molecular weight excluding hydrogens is 471 g/mol. The third kappa shape index (κ3) is 6.81. The van der Waals surface area contributed by atoms with Crippen LogP contribution in [-0.2, 0) is 4.74 Å². The number of fused-ring (bicyclic) bond motifs is 1. The Morgan fingerprint density at radius 1 is 1.10 bits per heavy atom. The van der Waals surface area contributed by atoms with E-state index in [0.717, 1.165) is 23.8 Å². The minimum absolute atomic E-state index is 0.0141. The van der Waals surface area contributed by atoms with Crippen LogP contribution in [0.25, 0.3) is 10.8 Å². The smallest absolute Gasteiger partial charge is 0.213 e. The van der Waals surface area contributed by atoms with Crippen molar-refractivity contribution in [3.05, 3.63) is 138 Å². The number of benzene rings is 2. The van der Waals surface area contributed by atoms with E-state index < -0.39 is 0 Å². The molecule has 3 atom stereocenters. The van der Waals surface area contributed by atoms with Crippen LogP contribution in [0, 0.1) is 12.8 Å². The van der Waals surface area contributed by atoms with E-state index in [0.29, 0.717) is 5.92 Å². The Morgan fingerprint density at radius 3 is 2.64 bits per heavy atom. The van der Waals surface area contributed by atoms with Crippen LogP contribution in [0.15, 0.2) is 132 Å². The number of hydrogen-bond donors (Lipinski definition) is 0. The van der Waals surface area contributed by atoms with E-state index in [9.17, 15) is 0 Å². The van der Waals surface area contributed by atoms with Crippen LogP contribution in [0.5, 0.6) is 0 Å². The first-order valence-corrected chi connectivity index (χ1v) is 14.3. The molecule has 200 valence electrons. The van der Waals surface area contributed by atoms with E-state index >= 15 is 0 Å². The quantitative estimate of drug-likeness (QED) is 0.252. The van der Waals surface area contributed by atoms with Gasteiger partial charge in [0.2, 0.25) is 6.71 Å². The molecule has 0 amide bonds. The van der Waals surface area contributed by atoms with E-state index in [2.05, 4.69) is 119 Å². The largest absolute Gasteiger partial charge is 0.362 e. The number of allylic oxidation sites excluding steroid dienone is 11. The molecule has 0 N–H and O–H groups in total. The molecule has 0 bridgehead atoms. The molecule has 0 radical (unpaired) electrons. The molecule has 39 heavy (non-hydrogen) atoms. The van der Waals surface area contributed by atoms with Gasteiger partial charge in [0, 0.05) is 0 Å². The van der Waals surface area contributed by atoms with Gasteiger partial charge in [-0.2, -0.15) is 0 Å². The second kappa shape index (κ2) is 13.1. The van der Waals surface area contributed by atoms with Crippen molar-refractivity contribution in [3.63, 3.8) is 0 Å². The van der Waals surface area contributed by atoms with Crippen molar-refractivity contribution >= 4 is 22.9 Å². The number of rotatable bonds is 8. The molecule has 1 heterocycles. The summed E-state index contributed by atoms with van der Waals surface area (Å²) in [7, 11) is 0. The van der Waals surface area contributed by atoms with Crippen molar-refractivity contribution in [3.8, 4) is 0 Å². The summed E-state index contributed by atoms with van der Waals surface area (Å²) in [5.41, 5.74) is 8.89. The topological polar surface area (TPSA) is 9.23 Å². The highest BCUT2D eigenvalue weighted by molar-refractivity contribution is 6.83. The maximum absolute atomic E-state index is 6.25. The average Bonchev–Trinajstić information content (AvgIpc) is 3.23. The summed E-state index contributed by atoms with van der Waals surface area (Å²) in [4.78, 5) is 0. The molecular formula is C37H43BO. The second-order valence-electron chi connectivity index (χ2n) is 11.2. The Hall–Kier alpha value is -3.36. The molecule has 1 aliphatic carbocycles. The van der Waals surface area contributed by atoms with Crippen LogP contribution in [0.3, 0.4) is 0 Å². The van der Waals surface area contributed by atoms with E-state index in [1.807, 2.05) is 13.0 Å². The third-order valence-corrected chi connectivity index (χ3v) is 8.00. The Kier molecular flexibility index (Phi) is 9.65. The standard InChI is InChI=1S/C37H43BO/c1-8-10-17-33-30(7)39-36(9-2)35(33)24-29(6)38(25-27(4)19-21-31-15-13-14-26(3)23-31)37-28(5)20-22-32-16-11-12-18-34(32)37/h8-13,15-22,24,26,30,36H,2,6,14,23,25H2,1,3-5,7H3/b10-8-,27-19-,31-21-,33-17+,35-24-. The van der Waals surface area contributed by atoms with Crippen LogP contribution in [0.4, 0.5) is 0 Å². The molecule has 0 spiro atoms. The van der Waals surface area contributed by atoms with Crippen molar-refractivity contribution in [2.45, 2.75) is 66.0 Å². The molecule has 2 aromatic rings. The van der Waals surface area contributed by atoms with Gasteiger partial charge in [0.15, 0.2) is 0 Å². The van der Waals surface area contributed by atoms with Crippen LogP contribution >= 0.6 is 0 Å². The minimum Gasteiger partial charge on any atom is -0.362 e. The Bertz CT molecular complexity index is 1410. The van der Waals surface area contributed by atoms with Gasteiger partial charge in [0.25, 0.3) is 0 Å². The number of aryl methyl sites for hydroxylation is 1. The van der Waals surface area contributed by atoms with Gasteiger partial charge in [-0.15, -0.1) is 13.2 Å². The molecule has 4 rings (SSSR count). The summed E-state index contributed by atoms with van der Waals surface area (Å²) in [5, 5.41) is 2.57. The summed E-state index contributed by atoms with van der Waals surface area (Å²) < 4.78 is 6.25. The first-order valence-electron chi connectivity index (χ1n) is 14.3. The van der Waals surface area contributed by atoms with Crippen molar-refractivity contribution in [2.24, 2.45) is 5.92 Å². The molecule has 1 aliphatic heterocycles. The van der Waals surface area contributed by atoms with Gasteiger partial charge in [0.05, 0.1) is 6.10 Å². The highest BCUT2D eigenvalue weighted by Gasteiger charge is 2.31. The molecule has 2 aliphatic rings. The average molecular weight is 515 g/mol. The Balaban J connectivity index is 1.79. The highest BCUT2D eigenvalue weighted by Crippen LogP contribution is 2.34. The van der Waals surface area contributed by atoms with E-state index in [1.54, 1.807) is 0 Å². The van der Waals surface area contributed by atoms with Crippen LogP contribution in [0.1, 0.15) is 46.1 Å². The zero-order valence-corrected chi connectivity index (χ0v) is 24.4. The van der Waals surface area contributed by atoms with Crippen LogP contribution in [0.2, 0.25) is 6.32 Å². The Morgan fingerprint density at radius 2 is 1.90 bits per heavy atom. The first-order chi connectivity index (χ1) is 18.8. The normalized spacial score (nSPS) is 24.9. The van der Waals surface area contributed by atoms with Crippen molar-refractivity contribution in [1.29, 1.82) is 0 Å². The lowest BCUT2D eigenvalue weighted by atomic mass is 9.36. The van der Waals surface area contributed by atoms with E-state index in [1.165, 1.54) is 44.9 Å². The van der Waals surface area contributed by atoms with Crippen molar-refractivity contribution in [2.75, 3.05) is 0 Å². The van der Waals surface area contributed by atoms with Crippen LogP contribution in [-0.4, -0.2) is 18.9 Å². The summed E-state index contributed by atoms with van der Waals surface area (Å²) >= 11 is 0. The zero-order chi connectivity index (χ0) is 27.9.